The average Bonchev–Trinajstić information content (AvgIpc) is 2.60. The van der Waals surface area contributed by atoms with E-state index in [0.29, 0.717) is 12.2 Å². The van der Waals surface area contributed by atoms with E-state index < -0.39 is 10.0 Å². The van der Waals surface area contributed by atoms with E-state index in [1.807, 2.05) is 26.0 Å². The molecule has 0 radical (unpaired) electrons. The molecule has 0 heterocycles. The van der Waals surface area contributed by atoms with Crippen LogP contribution < -0.4 is 10.6 Å². The van der Waals surface area contributed by atoms with Crippen LogP contribution in [0.5, 0.6) is 0 Å². The van der Waals surface area contributed by atoms with Gasteiger partial charge in [-0.2, -0.15) is 0 Å². The van der Waals surface area contributed by atoms with E-state index >= 15 is 0 Å². The Bertz CT molecular complexity index is 880. The van der Waals surface area contributed by atoms with E-state index in [1.54, 1.807) is 0 Å². The molecule has 0 aliphatic carbocycles. The van der Waals surface area contributed by atoms with Crippen LogP contribution in [0.25, 0.3) is 0 Å². The number of anilines is 1. The summed E-state index contributed by atoms with van der Waals surface area (Å²) in [5.41, 5.74) is 3.81. The number of nitrogens with zero attached hydrogens (tertiary/aromatic N) is 1. The lowest BCUT2D eigenvalue weighted by Crippen LogP contribution is -2.28. The molecule has 2 rings (SSSR count). The summed E-state index contributed by atoms with van der Waals surface area (Å²) < 4.78 is 25.0. The lowest BCUT2D eigenvalue weighted by Gasteiger charge is -2.14. The third kappa shape index (κ3) is 4.81. The number of carbonyl (C=O) groups is 1. The Morgan fingerprint density at radius 1 is 1.12 bits per heavy atom. The molecule has 0 spiro atoms. The van der Waals surface area contributed by atoms with E-state index in [0.717, 1.165) is 15.6 Å². The SMILES string of the molecule is CON(C)S(=O)(=O)c1ccc(NC(=O)NCc2ccc(C)cc2C)cc1. The van der Waals surface area contributed by atoms with E-state index in [1.165, 1.54) is 44.0 Å². The smallest absolute Gasteiger partial charge is 0.319 e. The van der Waals surface area contributed by atoms with E-state index in [2.05, 4.69) is 16.7 Å². The summed E-state index contributed by atoms with van der Waals surface area (Å²) in [6.45, 7) is 4.42. The maximum Gasteiger partial charge on any atom is 0.319 e. The number of carbonyl (C=O) groups excluding carboxylic acids is 1. The Kier molecular flexibility index (Phi) is 6.36. The maximum atomic E-state index is 12.1. The average molecular weight is 377 g/mol. The monoisotopic (exact) mass is 377 g/mol. The summed E-state index contributed by atoms with van der Waals surface area (Å²) in [6.07, 6.45) is 0. The highest BCUT2D eigenvalue weighted by atomic mass is 32.2. The number of aryl methyl sites for hydroxylation is 2. The molecule has 0 saturated heterocycles. The molecule has 8 heteroatoms. The number of nitrogens with one attached hydrogen (secondary N) is 2. The Balaban J connectivity index is 1.97. The molecule has 0 saturated carbocycles. The van der Waals surface area contributed by atoms with Crippen molar-refractivity contribution in [3.63, 3.8) is 0 Å². The first kappa shape index (κ1) is 19.9. The van der Waals surface area contributed by atoms with Crippen molar-refractivity contribution in [1.29, 1.82) is 0 Å². The number of amides is 2. The first-order chi connectivity index (χ1) is 12.2. The molecule has 26 heavy (non-hydrogen) atoms. The zero-order valence-corrected chi connectivity index (χ0v) is 16.1. The van der Waals surface area contributed by atoms with Crippen LogP contribution in [0.1, 0.15) is 16.7 Å². The Labute approximate surface area is 154 Å². The molecule has 2 N–H and O–H groups in total. The third-order valence-corrected chi connectivity index (χ3v) is 5.64. The summed E-state index contributed by atoms with van der Waals surface area (Å²) in [7, 11) is -1.13. The molecule has 0 aromatic heterocycles. The summed E-state index contributed by atoms with van der Waals surface area (Å²) in [4.78, 5) is 16.8. The van der Waals surface area contributed by atoms with Gasteiger partial charge in [0.2, 0.25) is 0 Å². The molecule has 0 bridgehead atoms. The van der Waals surface area contributed by atoms with Crippen molar-refractivity contribution >= 4 is 21.7 Å². The molecule has 7 nitrogen and oxygen atoms in total. The first-order valence-corrected chi connectivity index (χ1v) is 9.42. The predicted molar refractivity (Wildman–Crippen MR) is 100 cm³/mol. The Morgan fingerprint density at radius 2 is 1.77 bits per heavy atom. The molecule has 0 fully saturated rings. The van der Waals surface area contributed by atoms with Crippen molar-refractivity contribution in [2.75, 3.05) is 19.5 Å². The number of hydroxylamine groups is 1. The molecule has 2 amide bonds. The van der Waals surface area contributed by atoms with Crippen LogP contribution in [-0.2, 0) is 21.4 Å². The second kappa shape index (κ2) is 8.31. The van der Waals surface area contributed by atoms with Gasteiger partial charge >= 0.3 is 6.03 Å². The molecule has 0 aliphatic heterocycles. The molecule has 2 aromatic rings. The van der Waals surface area contributed by atoms with Gasteiger partial charge in [-0.1, -0.05) is 28.2 Å². The van der Waals surface area contributed by atoms with Crippen molar-refractivity contribution in [3.05, 3.63) is 59.2 Å². The van der Waals surface area contributed by atoms with Crippen LogP contribution in [-0.4, -0.2) is 33.1 Å². The molecule has 0 aliphatic rings. The van der Waals surface area contributed by atoms with Crippen LogP contribution >= 0.6 is 0 Å². The first-order valence-electron chi connectivity index (χ1n) is 7.98. The van der Waals surface area contributed by atoms with E-state index in [-0.39, 0.29) is 10.9 Å². The van der Waals surface area contributed by atoms with Crippen LogP contribution in [0, 0.1) is 13.8 Å². The molecule has 140 valence electrons. The highest BCUT2D eigenvalue weighted by Gasteiger charge is 2.20. The number of urea groups is 1. The summed E-state index contributed by atoms with van der Waals surface area (Å²) >= 11 is 0. The van der Waals surface area contributed by atoms with Gasteiger partial charge in [-0.25, -0.2) is 13.2 Å². The standard InChI is InChI=1S/C18H23N3O4S/c1-13-5-6-15(14(2)11-13)12-19-18(22)20-16-7-9-17(10-8-16)26(23,24)21(3)25-4/h5-11H,12H2,1-4H3,(H2,19,20,22). The van der Waals surface area contributed by atoms with Crippen molar-refractivity contribution in [2.24, 2.45) is 0 Å². The zero-order valence-electron chi connectivity index (χ0n) is 15.2. The molecule has 0 atom stereocenters. The third-order valence-electron chi connectivity index (χ3n) is 3.94. The molecular weight excluding hydrogens is 354 g/mol. The Morgan fingerprint density at radius 3 is 2.35 bits per heavy atom. The number of hydrogen-bond acceptors (Lipinski definition) is 4. The fourth-order valence-corrected chi connectivity index (χ4v) is 3.32. The fourth-order valence-electron chi connectivity index (χ4n) is 2.35. The quantitative estimate of drug-likeness (QED) is 0.758. The number of hydrogen-bond donors (Lipinski definition) is 2. The van der Waals surface area contributed by atoms with Gasteiger partial charge < -0.3 is 10.6 Å². The van der Waals surface area contributed by atoms with Gasteiger partial charge in [-0.05, 0) is 49.2 Å². The van der Waals surface area contributed by atoms with Gasteiger partial charge in [0.25, 0.3) is 10.0 Å². The molecule has 0 unspecified atom stereocenters. The number of sulfonamides is 1. The van der Waals surface area contributed by atoms with Gasteiger partial charge in [0.15, 0.2) is 0 Å². The highest BCUT2D eigenvalue weighted by Crippen LogP contribution is 2.17. The minimum absolute atomic E-state index is 0.0723. The van der Waals surface area contributed by atoms with Gasteiger partial charge in [0, 0.05) is 19.3 Å². The van der Waals surface area contributed by atoms with E-state index in [9.17, 15) is 13.2 Å². The van der Waals surface area contributed by atoms with E-state index in [4.69, 9.17) is 4.84 Å². The van der Waals surface area contributed by atoms with Crippen molar-refractivity contribution in [3.8, 4) is 0 Å². The van der Waals surface area contributed by atoms with Crippen LogP contribution in [0.2, 0.25) is 0 Å². The molecular formula is C18H23N3O4S. The second-order valence-electron chi connectivity index (χ2n) is 5.86. The van der Waals surface area contributed by atoms with Gasteiger partial charge in [-0.15, -0.1) is 0 Å². The van der Waals surface area contributed by atoms with Crippen molar-refractivity contribution < 1.29 is 18.0 Å². The predicted octanol–water partition coefficient (Wildman–Crippen LogP) is 2.81. The summed E-state index contributed by atoms with van der Waals surface area (Å²) in [5, 5.41) is 5.46. The minimum Gasteiger partial charge on any atom is -0.334 e. The second-order valence-corrected chi connectivity index (χ2v) is 7.80. The van der Waals surface area contributed by atoms with Crippen LogP contribution in [0.4, 0.5) is 10.5 Å². The largest absolute Gasteiger partial charge is 0.334 e. The number of benzene rings is 2. The van der Waals surface area contributed by atoms with Crippen LogP contribution in [0.3, 0.4) is 0 Å². The number of rotatable bonds is 6. The lowest BCUT2D eigenvalue weighted by atomic mass is 10.1. The van der Waals surface area contributed by atoms with Gasteiger partial charge in [-0.3, -0.25) is 4.84 Å². The van der Waals surface area contributed by atoms with Gasteiger partial charge in [0.05, 0.1) is 12.0 Å². The summed E-state index contributed by atoms with van der Waals surface area (Å²) in [6, 6.07) is 11.5. The lowest BCUT2D eigenvalue weighted by molar-refractivity contribution is -0.0258. The zero-order chi connectivity index (χ0) is 19.3. The highest BCUT2D eigenvalue weighted by molar-refractivity contribution is 7.89. The summed E-state index contributed by atoms with van der Waals surface area (Å²) in [5.74, 6) is 0. The van der Waals surface area contributed by atoms with Gasteiger partial charge in [0.1, 0.15) is 0 Å². The topological polar surface area (TPSA) is 87.7 Å². The van der Waals surface area contributed by atoms with Crippen molar-refractivity contribution in [1.82, 2.24) is 9.79 Å². The van der Waals surface area contributed by atoms with Crippen LogP contribution in [0.15, 0.2) is 47.4 Å². The fraction of sp³-hybridized carbons (Fsp3) is 0.278. The maximum absolute atomic E-state index is 12.1. The normalized spacial score (nSPS) is 11.4. The molecule has 2 aromatic carbocycles. The van der Waals surface area contributed by atoms with Crippen molar-refractivity contribution in [2.45, 2.75) is 25.3 Å². The Hall–Kier alpha value is -2.42. The minimum atomic E-state index is -3.71.